The van der Waals surface area contributed by atoms with E-state index in [1.807, 2.05) is 55.6 Å². The van der Waals surface area contributed by atoms with E-state index < -0.39 is 0 Å². The van der Waals surface area contributed by atoms with Crippen molar-refractivity contribution < 1.29 is 9.53 Å². The summed E-state index contributed by atoms with van der Waals surface area (Å²) in [5.41, 5.74) is 1.94. The van der Waals surface area contributed by atoms with Crippen molar-refractivity contribution in [2.75, 3.05) is 18.5 Å². The largest absolute Gasteiger partial charge is 0.494 e. The van der Waals surface area contributed by atoms with Gasteiger partial charge in [0.25, 0.3) is 0 Å². The van der Waals surface area contributed by atoms with Crippen LogP contribution in [0, 0.1) is 0 Å². The van der Waals surface area contributed by atoms with E-state index in [0.717, 1.165) is 23.8 Å². The number of urea groups is 1. The molecule has 6 heteroatoms. The van der Waals surface area contributed by atoms with Crippen LogP contribution >= 0.6 is 0 Å². The number of amides is 2. The second kappa shape index (κ2) is 9.43. The number of anilines is 1. The van der Waals surface area contributed by atoms with E-state index in [-0.39, 0.29) is 6.03 Å². The van der Waals surface area contributed by atoms with E-state index >= 15 is 0 Å². The van der Waals surface area contributed by atoms with Gasteiger partial charge in [-0.3, -0.25) is 0 Å². The molecule has 140 valence electrons. The first-order valence-corrected chi connectivity index (χ1v) is 9.06. The van der Waals surface area contributed by atoms with E-state index in [9.17, 15) is 4.79 Å². The minimum absolute atomic E-state index is 0.236. The Balaban J connectivity index is 1.46. The highest BCUT2D eigenvalue weighted by molar-refractivity contribution is 5.89. The van der Waals surface area contributed by atoms with Gasteiger partial charge in [-0.1, -0.05) is 30.3 Å². The number of carbonyl (C=O) groups is 1. The average molecular weight is 364 g/mol. The predicted molar refractivity (Wildman–Crippen MR) is 106 cm³/mol. The van der Waals surface area contributed by atoms with E-state index in [1.54, 1.807) is 6.20 Å². The maximum Gasteiger partial charge on any atom is 0.319 e. The number of nitrogens with zero attached hydrogens (tertiary/aromatic N) is 2. The third-order valence-electron chi connectivity index (χ3n) is 4.05. The van der Waals surface area contributed by atoms with Gasteiger partial charge < -0.3 is 19.9 Å². The van der Waals surface area contributed by atoms with E-state index in [1.165, 1.54) is 5.56 Å². The van der Waals surface area contributed by atoms with Crippen LogP contribution in [0.1, 0.15) is 18.3 Å². The monoisotopic (exact) mass is 364 g/mol. The molecule has 0 saturated carbocycles. The van der Waals surface area contributed by atoms with Gasteiger partial charge in [0.2, 0.25) is 0 Å². The molecule has 0 saturated heterocycles. The van der Waals surface area contributed by atoms with Crippen LogP contribution in [-0.4, -0.2) is 28.7 Å². The van der Waals surface area contributed by atoms with Gasteiger partial charge in [-0.2, -0.15) is 0 Å². The second-order valence-corrected chi connectivity index (χ2v) is 6.05. The van der Waals surface area contributed by atoms with Crippen molar-refractivity contribution in [3.05, 3.63) is 78.4 Å². The Hall–Kier alpha value is -3.28. The molecule has 27 heavy (non-hydrogen) atoms. The zero-order valence-corrected chi connectivity index (χ0v) is 15.4. The number of carbonyl (C=O) groups excluding carboxylic acids is 1. The lowest BCUT2D eigenvalue weighted by Crippen LogP contribution is -2.30. The van der Waals surface area contributed by atoms with Gasteiger partial charge in [-0.15, -0.1) is 0 Å². The van der Waals surface area contributed by atoms with Gasteiger partial charge in [-0.05, 0) is 36.8 Å². The second-order valence-electron chi connectivity index (χ2n) is 6.05. The molecule has 3 rings (SSSR count). The fraction of sp³-hybridized carbons (Fsp3) is 0.238. The van der Waals surface area contributed by atoms with Crippen LogP contribution in [0.3, 0.4) is 0 Å². The smallest absolute Gasteiger partial charge is 0.319 e. The highest BCUT2D eigenvalue weighted by Crippen LogP contribution is 2.15. The number of aromatic nitrogens is 2. The molecule has 3 aromatic rings. The van der Waals surface area contributed by atoms with Gasteiger partial charge >= 0.3 is 6.03 Å². The molecule has 0 spiro atoms. The molecule has 0 bridgehead atoms. The Morgan fingerprint density at radius 3 is 2.63 bits per heavy atom. The van der Waals surface area contributed by atoms with Crippen molar-refractivity contribution >= 4 is 11.7 Å². The van der Waals surface area contributed by atoms with Crippen LogP contribution in [0.25, 0.3) is 0 Å². The summed E-state index contributed by atoms with van der Waals surface area (Å²) in [6.45, 7) is 3.83. The molecule has 0 radical (unpaired) electrons. The third kappa shape index (κ3) is 5.60. The predicted octanol–water partition coefficient (Wildman–Crippen LogP) is 3.69. The number of hydrogen-bond donors (Lipinski definition) is 2. The molecule has 2 N–H and O–H groups in total. The van der Waals surface area contributed by atoms with E-state index in [0.29, 0.717) is 19.6 Å². The van der Waals surface area contributed by atoms with Crippen LogP contribution < -0.4 is 15.4 Å². The molecule has 2 aromatic carbocycles. The van der Waals surface area contributed by atoms with Gasteiger partial charge in [0, 0.05) is 37.6 Å². The summed E-state index contributed by atoms with van der Waals surface area (Å²) < 4.78 is 7.49. The van der Waals surface area contributed by atoms with Crippen LogP contribution in [0.5, 0.6) is 5.75 Å². The number of imidazole rings is 1. The normalized spacial score (nSPS) is 10.4. The standard InChI is InChI=1S/C21H24N4O2/c1-2-27-19-10-8-18(9-11-19)24-21(26)23-13-12-20-22-14-15-25(20)16-17-6-4-3-5-7-17/h3-11,14-15H,2,12-13,16H2,1H3,(H2,23,24,26). The molecule has 2 amide bonds. The molecular formula is C21H24N4O2. The van der Waals surface area contributed by atoms with Crippen molar-refractivity contribution in [3.63, 3.8) is 0 Å². The highest BCUT2D eigenvalue weighted by Gasteiger charge is 2.06. The molecular weight excluding hydrogens is 340 g/mol. The lowest BCUT2D eigenvalue weighted by Gasteiger charge is -2.10. The molecule has 0 aliphatic carbocycles. The molecule has 1 aromatic heterocycles. The lowest BCUT2D eigenvalue weighted by molar-refractivity contribution is 0.252. The fourth-order valence-corrected chi connectivity index (χ4v) is 2.76. The molecule has 1 heterocycles. The Labute approximate surface area is 159 Å². The third-order valence-corrected chi connectivity index (χ3v) is 4.05. The maximum absolute atomic E-state index is 12.0. The first kappa shape index (κ1) is 18.5. The first-order chi connectivity index (χ1) is 13.2. The zero-order chi connectivity index (χ0) is 18.9. The van der Waals surface area contributed by atoms with Gasteiger partial charge in [0.1, 0.15) is 11.6 Å². The summed E-state index contributed by atoms with van der Waals surface area (Å²) >= 11 is 0. The molecule has 0 atom stereocenters. The summed E-state index contributed by atoms with van der Waals surface area (Å²) in [6, 6.07) is 17.3. The van der Waals surface area contributed by atoms with Crippen molar-refractivity contribution in [2.24, 2.45) is 0 Å². The number of hydrogen-bond acceptors (Lipinski definition) is 3. The number of rotatable bonds is 8. The first-order valence-electron chi connectivity index (χ1n) is 9.06. The summed E-state index contributed by atoms with van der Waals surface area (Å²) in [4.78, 5) is 16.4. The van der Waals surface area contributed by atoms with Crippen molar-refractivity contribution in [1.82, 2.24) is 14.9 Å². The number of nitrogens with one attached hydrogen (secondary N) is 2. The van der Waals surface area contributed by atoms with Crippen LogP contribution in [0.2, 0.25) is 0 Å². The van der Waals surface area contributed by atoms with Crippen molar-refractivity contribution in [2.45, 2.75) is 19.9 Å². The van der Waals surface area contributed by atoms with E-state index in [4.69, 9.17) is 4.74 Å². The fourth-order valence-electron chi connectivity index (χ4n) is 2.76. The average Bonchev–Trinajstić information content (AvgIpc) is 3.11. The minimum Gasteiger partial charge on any atom is -0.494 e. The quantitative estimate of drug-likeness (QED) is 0.640. The van der Waals surface area contributed by atoms with Crippen molar-refractivity contribution in [3.8, 4) is 5.75 Å². The Bertz CT molecular complexity index is 844. The summed E-state index contributed by atoms with van der Waals surface area (Å²) in [5.74, 6) is 1.73. The summed E-state index contributed by atoms with van der Waals surface area (Å²) in [6.07, 6.45) is 4.41. The Morgan fingerprint density at radius 2 is 1.89 bits per heavy atom. The van der Waals surface area contributed by atoms with Gasteiger partial charge in [0.15, 0.2) is 0 Å². The summed E-state index contributed by atoms with van der Waals surface area (Å²) in [5, 5.41) is 5.68. The van der Waals surface area contributed by atoms with Crippen LogP contribution in [0.15, 0.2) is 67.0 Å². The summed E-state index contributed by atoms with van der Waals surface area (Å²) in [7, 11) is 0. The Morgan fingerprint density at radius 1 is 1.11 bits per heavy atom. The van der Waals surface area contributed by atoms with Crippen LogP contribution in [-0.2, 0) is 13.0 Å². The number of benzene rings is 2. The molecule has 0 aliphatic rings. The Kier molecular flexibility index (Phi) is 6.46. The topological polar surface area (TPSA) is 68.2 Å². The highest BCUT2D eigenvalue weighted by atomic mass is 16.5. The van der Waals surface area contributed by atoms with Crippen LogP contribution in [0.4, 0.5) is 10.5 Å². The lowest BCUT2D eigenvalue weighted by atomic mass is 10.2. The maximum atomic E-state index is 12.0. The number of ether oxygens (including phenoxy) is 1. The van der Waals surface area contributed by atoms with Gasteiger partial charge in [-0.25, -0.2) is 9.78 Å². The van der Waals surface area contributed by atoms with Gasteiger partial charge in [0.05, 0.1) is 6.61 Å². The zero-order valence-electron chi connectivity index (χ0n) is 15.4. The minimum atomic E-state index is -0.236. The SMILES string of the molecule is CCOc1ccc(NC(=O)NCCc2nccn2Cc2ccccc2)cc1. The van der Waals surface area contributed by atoms with E-state index in [2.05, 4.69) is 32.3 Å². The molecule has 0 fully saturated rings. The van der Waals surface area contributed by atoms with Crippen molar-refractivity contribution in [1.29, 1.82) is 0 Å². The molecule has 6 nitrogen and oxygen atoms in total. The molecule has 0 aliphatic heterocycles. The molecule has 0 unspecified atom stereocenters.